The number of hydrogen-bond donors (Lipinski definition) is 1. The molecule has 0 atom stereocenters. The van der Waals surface area contributed by atoms with Gasteiger partial charge >= 0.3 is 6.55 Å². The second kappa shape index (κ2) is 8.93. The van der Waals surface area contributed by atoms with Gasteiger partial charge < -0.3 is 10.2 Å². The summed E-state index contributed by atoms with van der Waals surface area (Å²) in [6.07, 6.45) is 4.76. The maximum atomic E-state index is 13.8. The molecule has 0 saturated heterocycles. The van der Waals surface area contributed by atoms with E-state index in [9.17, 15) is 18.0 Å². The number of anilines is 2. The number of aromatic nitrogens is 5. The first kappa shape index (κ1) is 21.6. The molecule has 0 saturated carbocycles. The van der Waals surface area contributed by atoms with Gasteiger partial charge in [-0.2, -0.15) is 13.9 Å². The van der Waals surface area contributed by atoms with Crippen LogP contribution in [0.1, 0.15) is 28.3 Å². The zero-order chi connectivity index (χ0) is 23.7. The monoisotopic (exact) mass is 465 g/mol. The van der Waals surface area contributed by atoms with Crippen LogP contribution in [-0.4, -0.2) is 42.1 Å². The molecule has 5 rings (SSSR count). The Morgan fingerprint density at radius 2 is 1.91 bits per heavy atom. The summed E-state index contributed by atoms with van der Waals surface area (Å²) in [7, 11) is 0. The number of amides is 1. The van der Waals surface area contributed by atoms with Gasteiger partial charge in [0.25, 0.3) is 5.91 Å². The Balaban J connectivity index is 1.50. The van der Waals surface area contributed by atoms with E-state index in [0.717, 1.165) is 17.5 Å². The number of rotatable bonds is 5. The van der Waals surface area contributed by atoms with Gasteiger partial charge in [0.15, 0.2) is 11.5 Å². The fraction of sp³-hybridized carbons (Fsp3) is 0.174. The van der Waals surface area contributed by atoms with Crippen LogP contribution in [0.3, 0.4) is 0 Å². The van der Waals surface area contributed by atoms with Crippen LogP contribution < -0.4 is 5.32 Å². The van der Waals surface area contributed by atoms with Crippen LogP contribution in [0.15, 0.2) is 61.1 Å². The molecule has 0 unspecified atom stereocenters. The maximum Gasteiger partial charge on any atom is 0.333 e. The van der Waals surface area contributed by atoms with Crippen LogP contribution in [0.25, 0.3) is 11.4 Å². The predicted molar refractivity (Wildman–Crippen MR) is 117 cm³/mol. The first-order valence-electron chi connectivity index (χ1n) is 10.4. The van der Waals surface area contributed by atoms with Gasteiger partial charge in [0, 0.05) is 48.4 Å². The summed E-state index contributed by atoms with van der Waals surface area (Å²) in [4.78, 5) is 27.8. The molecule has 4 aromatic rings. The Bertz CT molecular complexity index is 1340. The van der Waals surface area contributed by atoms with Crippen molar-refractivity contribution in [1.82, 2.24) is 29.6 Å². The van der Waals surface area contributed by atoms with Crippen LogP contribution >= 0.6 is 0 Å². The van der Waals surface area contributed by atoms with E-state index in [2.05, 4.69) is 25.4 Å². The minimum absolute atomic E-state index is 0.0716. The molecule has 4 heterocycles. The number of carbonyl (C=O) groups excluding carboxylic acids is 1. The zero-order valence-corrected chi connectivity index (χ0v) is 17.7. The highest BCUT2D eigenvalue weighted by Crippen LogP contribution is 2.30. The van der Waals surface area contributed by atoms with Gasteiger partial charge in [-0.15, -0.1) is 0 Å². The summed E-state index contributed by atoms with van der Waals surface area (Å²) >= 11 is 0. The smallest absolute Gasteiger partial charge is 0.333 e. The highest BCUT2D eigenvalue weighted by molar-refractivity contribution is 5.92. The van der Waals surface area contributed by atoms with Crippen LogP contribution in [0.5, 0.6) is 0 Å². The fourth-order valence-electron chi connectivity index (χ4n) is 3.75. The Morgan fingerprint density at radius 3 is 2.65 bits per heavy atom. The van der Waals surface area contributed by atoms with Gasteiger partial charge in [0.2, 0.25) is 0 Å². The lowest BCUT2D eigenvalue weighted by atomic mass is 10.0. The third-order valence-corrected chi connectivity index (χ3v) is 5.40. The van der Waals surface area contributed by atoms with Gasteiger partial charge in [-0.3, -0.25) is 9.78 Å². The molecule has 3 aromatic heterocycles. The van der Waals surface area contributed by atoms with Gasteiger partial charge in [0.1, 0.15) is 11.6 Å². The summed E-state index contributed by atoms with van der Waals surface area (Å²) in [6.45, 7) is -2.35. The second-order valence-corrected chi connectivity index (χ2v) is 7.63. The highest BCUT2D eigenvalue weighted by Gasteiger charge is 2.28. The summed E-state index contributed by atoms with van der Waals surface area (Å²) in [5, 5.41) is 6.81. The van der Waals surface area contributed by atoms with E-state index in [1.54, 1.807) is 36.7 Å². The van der Waals surface area contributed by atoms with E-state index < -0.39 is 18.3 Å². The van der Waals surface area contributed by atoms with Crippen LogP contribution in [0.2, 0.25) is 0 Å². The number of hydrogen-bond acceptors (Lipinski definition) is 6. The van der Waals surface area contributed by atoms with Crippen LogP contribution in [-0.2, 0) is 13.0 Å². The Hall–Kier alpha value is -4.28. The molecular weight excluding hydrogens is 447 g/mol. The van der Waals surface area contributed by atoms with E-state index in [-0.39, 0.29) is 12.2 Å². The number of benzene rings is 1. The van der Waals surface area contributed by atoms with Crippen LogP contribution in [0, 0.1) is 5.82 Å². The lowest BCUT2D eigenvalue weighted by Gasteiger charge is -2.29. The van der Waals surface area contributed by atoms with E-state index >= 15 is 0 Å². The predicted octanol–water partition coefficient (Wildman–Crippen LogP) is 4.21. The molecule has 0 aliphatic carbocycles. The first-order chi connectivity index (χ1) is 16.5. The molecule has 8 nitrogen and oxygen atoms in total. The number of nitrogens with one attached hydrogen (secondary N) is 1. The minimum atomic E-state index is -2.83. The van der Waals surface area contributed by atoms with Crippen molar-refractivity contribution >= 4 is 17.4 Å². The lowest BCUT2D eigenvalue weighted by Crippen LogP contribution is -2.37. The molecule has 1 N–H and O–H groups in total. The Labute approximate surface area is 192 Å². The van der Waals surface area contributed by atoms with E-state index in [0.29, 0.717) is 40.5 Å². The second-order valence-electron chi connectivity index (χ2n) is 7.63. The van der Waals surface area contributed by atoms with Crippen molar-refractivity contribution in [3.63, 3.8) is 0 Å². The van der Waals surface area contributed by atoms with Crippen molar-refractivity contribution < 1.29 is 18.0 Å². The molecule has 172 valence electrons. The molecule has 0 bridgehead atoms. The zero-order valence-electron chi connectivity index (χ0n) is 17.7. The minimum Gasteiger partial charge on any atom is -0.340 e. The quantitative estimate of drug-likeness (QED) is 0.475. The molecule has 11 heteroatoms. The topological polar surface area (TPSA) is 88.8 Å². The van der Waals surface area contributed by atoms with Gasteiger partial charge in [-0.1, -0.05) is 6.07 Å². The van der Waals surface area contributed by atoms with Crippen molar-refractivity contribution in [2.75, 3.05) is 11.9 Å². The molecule has 34 heavy (non-hydrogen) atoms. The maximum absolute atomic E-state index is 13.8. The summed E-state index contributed by atoms with van der Waals surface area (Å²) < 4.78 is 39.9. The van der Waals surface area contributed by atoms with Gasteiger partial charge in [-0.05, 0) is 36.4 Å². The number of halogens is 3. The van der Waals surface area contributed by atoms with Crippen molar-refractivity contribution in [1.29, 1.82) is 0 Å². The van der Waals surface area contributed by atoms with Crippen molar-refractivity contribution in [3.05, 3.63) is 83.8 Å². The van der Waals surface area contributed by atoms with Crippen molar-refractivity contribution in [2.45, 2.75) is 19.5 Å². The average Bonchev–Trinajstić information content (AvgIpc) is 3.35. The SMILES string of the molecule is O=C(c1ccn(C(F)F)n1)N1CCc2nc(-c3ccncc3)nc(Nc3cccc(F)c3)c2C1. The van der Waals surface area contributed by atoms with E-state index in [1.165, 1.54) is 23.1 Å². The van der Waals surface area contributed by atoms with Gasteiger partial charge in [0.05, 0.1) is 12.2 Å². The lowest BCUT2D eigenvalue weighted by molar-refractivity contribution is 0.0549. The Morgan fingerprint density at radius 1 is 1.09 bits per heavy atom. The highest BCUT2D eigenvalue weighted by atomic mass is 19.3. The molecule has 0 radical (unpaired) electrons. The Kier molecular flexibility index (Phi) is 5.66. The summed E-state index contributed by atoms with van der Waals surface area (Å²) in [5.74, 6) is 0.0159. The normalized spacial score (nSPS) is 13.1. The van der Waals surface area contributed by atoms with Crippen molar-refractivity contribution in [3.8, 4) is 11.4 Å². The number of nitrogens with zero attached hydrogens (tertiary/aromatic N) is 6. The number of fused-ring (bicyclic) bond motifs is 1. The number of carbonyl (C=O) groups is 1. The number of alkyl halides is 2. The fourth-order valence-corrected chi connectivity index (χ4v) is 3.75. The van der Waals surface area contributed by atoms with E-state index in [1.807, 2.05) is 0 Å². The molecule has 1 amide bonds. The third kappa shape index (κ3) is 4.32. The number of pyridine rings is 1. The summed E-state index contributed by atoms with van der Waals surface area (Å²) in [5.41, 5.74) is 2.58. The van der Waals surface area contributed by atoms with Crippen molar-refractivity contribution in [2.24, 2.45) is 0 Å². The summed E-state index contributed by atoms with van der Waals surface area (Å²) in [6, 6.07) is 10.8. The van der Waals surface area contributed by atoms with Crippen LogP contribution in [0.4, 0.5) is 24.7 Å². The first-order valence-corrected chi connectivity index (χ1v) is 10.4. The molecular formula is C23H18F3N7O. The molecule has 1 aliphatic rings. The standard InChI is InChI=1S/C23H18F3N7O/c24-15-2-1-3-16(12-15)28-21-17-13-32(22(34)19-7-11-33(31-19)23(25)26)10-6-18(17)29-20(30-21)14-4-8-27-9-5-14/h1-5,7-9,11-12,23H,6,10,13H2,(H,28,29,30). The third-order valence-electron chi connectivity index (χ3n) is 5.40. The largest absolute Gasteiger partial charge is 0.340 e. The van der Waals surface area contributed by atoms with E-state index in [4.69, 9.17) is 0 Å². The van der Waals surface area contributed by atoms with Gasteiger partial charge in [-0.25, -0.2) is 19.0 Å². The molecule has 0 spiro atoms. The molecule has 1 aromatic carbocycles. The molecule has 1 aliphatic heterocycles. The average molecular weight is 465 g/mol. The molecule has 0 fully saturated rings.